The Morgan fingerprint density at radius 1 is 1.14 bits per heavy atom. The molecule has 9 nitrogen and oxygen atoms in total. The molecule has 2 aromatic carbocycles. The van der Waals surface area contributed by atoms with Crippen LogP contribution in [0.4, 0.5) is 5.69 Å². The van der Waals surface area contributed by atoms with Gasteiger partial charge in [0.25, 0.3) is 15.9 Å². The highest BCUT2D eigenvalue weighted by atomic mass is 32.2. The number of amides is 2. The fraction of sp³-hybridized carbons (Fsp3) is 0.263. The van der Waals surface area contributed by atoms with E-state index < -0.39 is 15.9 Å². The van der Waals surface area contributed by atoms with Crippen molar-refractivity contribution in [1.29, 1.82) is 0 Å². The average Bonchev–Trinajstić information content (AvgIpc) is 2.72. The average molecular weight is 419 g/mol. The van der Waals surface area contributed by atoms with Gasteiger partial charge in [-0.15, -0.1) is 4.83 Å². The van der Waals surface area contributed by atoms with E-state index in [1.54, 1.807) is 6.07 Å². The van der Waals surface area contributed by atoms with Crippen molar-refractivity contribution in [2.45, 2.75) is 24.7 Å². The van der Waals surface area contributed by atoms with Crippen molar-refractivity contribution in [2.24, 2.45) is 0 Å². The second-order valence-electron chi connectivity index (χ2n) is 6.23. The Balaban J connectivity index is 1.72. The Labute approximate surface area is 168 Å². The maximum Gasteiger partial charge on any atom is 0.266 e. The maximum atomic E-state index is 12.5. The van der Waals surface area contributed by atoms with Gasteiger partial charge in [-0.3, -0.25) is 15.0 Å². The van der Waals surface area contributed by atoms with E-state index in [-0.39, 0.29) is 16.4 Å². The fourth-order valence-corrected chi connectivity index (χ4v) is 3.74. The van der Waals surface area contributed by atoms with E-state index in [9.17, 15) is 18.0 Å². The van der Waals surface area contributed by atoms with E-state index in [1.807, 2.05) is 6.92 Å². The molecule has 0 aromatic heterocycles. The van der Waals surface area contributed by atoms with Crippen molar-refractivity contribution in [1.82, 2.24) is 10.3 Å². The molecule has 0 atom stereocenters. The van der Waals surface area contributed by atoms with Crippen molar-refractivity contribution in [3.8, 4) is 11.5 Å². The number of rotatable bonds is 7. The molecule has 0 bridgehead atoms. The molecule has 0 spiro atoms. The first-order chi connectivity index (χ1) is 13.8. The minimum absolute atomic E-state index is 0.0167. The summed E-state index contributed by atoms with van der Waals surface area (Å²) in [6, 6.07) is 8.89. The van der Waals surface area contributed by atoms with Gasteiger partial charge in [-0.25, -0.2) is 8.42 Å². The van der Waals surface area contributed by atoms with E-state index in [2.05, 4.69) is 15.6 Å². The molecule has 1 aliphatic rings. The molecule has 0 aliphatic carbocycles. The van der Waals surface area contributed by atoms with E-state index in [4.69, 9.17) is 9.47 Å². The zero-order valence-electron chi connectivity index (χ0n) is 15.9. The van der Waals surface area contributed by atoms with Crippen LogP contribution in [0.3, 0.4) is 0 Å². The van der Waals surface area contributed by atoms with Crippen molar-refractivity contribution in [3.63, 3.8) is 0 Å². The molecule has 10 heteroatoms. The molecule has 1 aliphatic heterocycles. The van der Waals surface area contributed by atoms with Crippen LogP contribution in [-0.2, 0) is 21.2 Å². The largest absolute Gasteiger partial charge is 0.493 e. The highest BCUT2D eigenvalue weighted by Crippen LogP contribution is 2.28. The lowest BCUT2D eigenvalue weighted by Crippen LogP contribution is -2.41. The molecule has 0 saturated heterocycles. The highest BCUT2D eigenvalue weighted by molar-refractivity contribution is 7.89. The van der Waals surface area contributed by atoms with Gasteiger partial charge in [-0.2, -0.15) is 0 Å². The molecule has 3 rings (SSSR count). The van der Waals surface area contributed by atoms with Crippen LogP contribution in [0, 0.1) is 0 Å². The number of hydrogen-bond acceptors (Lipinski definition) is 6. The summed E-state index contributed by atoms with van der Waals surface area (Å²) in [4.78, 5) is 25.8. The van der Waals surface area contributed by atoms with Crippen molar-refractivity contribution in [2.75, 3.05) is 19.0 Å². The normalized spacial score (nSPS) is 13.2. The number of ether oxygens (including phenoxy) is 2. The molecule has 3 N–H and O–H groups in total. The van der Waals surface area contributed by atoms with E-state index in [1.165, 1.54) is 37.4 Å². The minimum Gasteiger partial charge on any atom is -0.493 e. The summed E-state index contributed by atoms with van der Waals surface area (Å²) in [5, 5.41) is 2.69. The van der Waals surface area contributed by atoms with Gasteiger partial charge in [0.05, 0.1) is 18.6 Å². The molecular weight excluding hydrogens is 398 g/mol. The summed E-state index contributed by atoms with van der Waals surface area (Å²) in [5.74, 6) is 0.0804. The van der Waals surface area contributed by atoms with Gasteiger partial charge in [0.1, 0.15) is 0 Å². The van der Waals surface area contributed by atoms with E-state index in [0.29, 0.717) is 36.6 Å². The van der Waals surface area contributed by atoms with Gasteiger partial charge in [-0.05, 0) is 55.3 Å². The first-order valence-corrected chi connectivity index (χ1v) is 10.4. The Bertz CT molecular complexity index is 1050. The molecule has 0 saturated carbocycles. The maximum absolute atomic E-state index is 12.5. The Morgan fingerprint density at radius 3 is 2.66 bits per heavy atom. The third-order valence-corrected chi connectivity index (χ3v) is 5.55. The Morgan fingerprint density at radius 2 is 1.93 bits per heavy atom. The molecule has 0 unspecified atom stereocenters. The minimum atomic E-state index is -3.99. The number of sulfonamides is 1. The second-order valence-corrected chi connectivity index (χ2v) is 7.91. The van der Waals surface area contributed by atoms with Crippen LogP contribution in [0.1, 0.15) is 29.3 Å². The number of benzene rings is 2. The number of aryl methyl sites for hydroxylation is 1. The van der Waals surface area contributed by atoms with E-state index in [0.717, 1.165) is 5.56 Å². The highest BCUT2D eigenvalue weighted by Gasteiger charge is 2.21. The van der Waals surface area contributed by atoms with Crippen LogP contribution >= 0.6 is 0 Å². The van der Waals surface area contributed by atoms with Crippen molar-refractivity contribution in [3.05, 3.63) is 47.5 Å². The standard InChI is InChI=1S/C19H21N3O6S/c1-3-28-16-8-4-13(11-17(16)27-2)19(24)21-22-29(25,26)14-6-7-15-12(10-14)5-9-18(23)20-15/h4,6-8,10-11,22H,3,5,9H2,1-2H3,(H,20,23)(H,21,24). The van der Waals surface area contributed by atoms with Gasteiger partial charge in [0.2, 0.25) is 5.91 Å². The van der Waals surface area contributed by atoms with Crippen LogP contribution in [0.5, 0.6) is 11.5 Å². The lowest BCUT2D eigenvalue weighted by atomic mass is 10.0. The summed E-state index contributed by atoms with van der Waals surface area (Å²) in [5.41, 5.74) is 3.69. The zero-order valence-corrected chi connectivity index (χ0v) is 16.8. The predicted molar refractivity (Wildman–Crippen MR) is 105 cm³/mol. The van der Waals surface area contributed by atoms with Crippen molar-refractivity contribution < 1.29 is 27.5 Å². The smallest absolute Gasteiger partial charge is 0.266 e. The molecule has 2 aromatic rings. The Hall–Kier alpha value is -3.11. The molecule has 2 amide bonds. The lowest BCUT2D eigenvalue weighted by Gasteiger charge is -2.17. The van der Waals surface area contributed by atoms with Crippen LogP contribution < -0.4 is 25.0 Å². The summed E-state index contributed by atoms with van der Waals surface area (Å²) in [6.45, 7) is 2.26. The first kappa shape index (κ1) is 20.6. The summed E-state index contributed by atoms with van der Waals surface area (Å²) in [6.07, 6.45) is 0.739. The second kappa shape index (κ2) is 8.50. The fourth-order valence-electron chi connectivity index (χ4n) is 2.86. The molecular formula is C19H21N3O6S. The number of carbonyl (C=O) groups excluding carboxylic acids is 2. The van der Waals surface area contributed by atoms with Gasteiger partial charge in [0, 0.05) is 17.7 Å². The van der Waals surface area contributed by atoms with Gasteiger partial charge in [0.15, 0.2) is 11.5 Å². The number of fused-ring (bicyclic) bond motifs is 1. The van der Waals surface area contributed by atoms with E-state index >= 15 is 0 Å². The molecule has 0 radical (unpaired) electrons. The van der Waals surface area contributed by atoms with Crippen LogP contribution in [-0.4, -0.2) is 33.9 Å². The molecule has 1 heterocycles. The number of anilines is 1. The van der Waals surface area contributed by atoms with Gasteiger partial charge >= 0.3 is 0 Å². The lowest BCUT2D eigenvalue weighted by molar-refractivity contribution is -0.116. The number of nitrogens with one attached hydrogen (secondary N) is 3. The van der Waals surface area contributed by atoms with Gasteiger partial charge in [-0.1, -0.05) is 0 Å². The third-order valence-electron chi connectivity index (χ3n) is 4.31. The number of carbonyl (C=O) groups is 2. The third kappa shape index (κ3) is 4.66. The van der Waals surface area contributed by atoms with Crippen LogP contribution in [0.25, 0.3) is 0 Å². The summed E-state index contributed by atoms with van der Waals surface area (Å²) in [7, 11) is -2.55. The summed E-state index contributed by atoms with van der Waals surface area (Å²) >= 11 is 0. The van der Waals surface area contributed by atoms with Gasteiger partial charge < -0.3 is 14.8 Å². The molecule has 0 fully saturated rings. The Kier molecular flexibility index (Phi) is 6.04. The zero-order chi connectivity index (χ0) is 21.0. The summed E-state index contributed by atoms with van der Waals surface area (Å²) < 4.78 is 35.6. The first-order valence-electron chi connectivity index (χ1n) is 8.90. The molecule has 154 valence electrons. The van der Waals surface area contributed by atoms with Crippen molar-refractivity contribution >= 4 is 27.5 Å². The monoisotopic (exact) mass is 419 g/mol. The number of hydrazine groups is 1. The van der Waals surface area contributed by atoms with Crippen LogP contribution in [0.2, 0.25) is 0 Å². The molecule has 29 heavy (non-hydrogen) atoms. The number of methoxy groups -OCH3 is 1. The SMILES string of the molecule is CCOc1ccc(C(=O)NNS(=O)(=O)c2ccc3c(c2)CCC(=O)N3)cc1OC. The predicted octanol–water partition coefficient (Wildman–Crippen LogP) is 1.60. The number of hydrogen-bond donors (Lipinski definition) is 3. The quantitative estimate of drug-likeness (QED) is 0.586. The topological polar surface area (TPSA) is 123 Å². The van der Waals surface area contributed by atoms with Crippen LogP contribution in [0.15, 0.2) is 41.3 Å².